The summed E-state index contributed by atoms with van der Waals surface area (Å²) in [6.45, 7) is 0. The van der Waals surface area contributed by atoms with Gasteiger partial charge in [-0.3, -0.25) is 15.1 Å². The van der Waals surface area contributed by atoms with Crippen molar-refractivity contribution >= 4 is 57.8 Å². The Labute approximate surface area is 146 Å². The van der Waals surface area contributed by atoms with E-state index < -0.39 is 0 Å². The van der Waals surface area contributed by atoms with E-state index in [1.165, 1.54) is 23.1 Å². The number of rotatable bonds is 2. The number of amides is 1. The van der Waals surface area contributed by atoms with Gasteiger partial charge in [-0.1, -0.05) is 35.3 Å². The van der Waals surface area contributed by atoms with Gasteiger partial charge in [0.1, 0.15) is 5.82 Å². The van der Waals surface area contributed by atoms with Crippen molar-refractivity contribution in [2.24, 2.45) is 0 Å². The monoisotopic (exact) mass is 366 g/mol. The zero-order chi connectivity index (χ0) is 16.6. The van der Waals surface area contributed by atoms with Gasteiger partial charge in [-0.15, -0.1) is 0 Å². The molecule has 0 atom stereocenters. The van der Waals surface area contributed by atoms with Crippen LogP contribution in [0.2, 0.25) is 10.0 Å². The summed E-state index contributed by atoms with van der Waals surface area (Å²) >= 11 is 12.9. The lowest BCUT2D eigenvalue weighted by molar-refractivity contribution is -0.113. The van der Waals surface area contributed by atoms with Crippen molar-refractivity contribution in [3.63, 3.8) is 0 Å². The Bertz CT molecular complexity index is 836. The van der Waals surface area contributed by atoms with E-state index in [0.717, 1.165) is 11.8 Å². The number of carbonyl (C=O) groups is 1. The van der Waals surface area contributed by atoms with Gasteiger partial charge in [0.25, 0.3) is 5.91 Å². The molecule has 0 aliphatic carbocycles. The first-order chi connectivity index (χ1) is 11.0. The molecule has 1 N–H and O–H groups in total. The van der Waals surface area contributed by atoms with Crippen LogP contribution in [0.15, 0.2) is 47.4 Å². The molecular formula is C16H9Cl2FN2OS. The van der Waals surface area contributed by atoms with Crippen molar-refractivity contribution in [1.29, 1.82) is 5.41 Å². The lowest BCUT2D eigenvalue weighted by Gasteiger charge is -2.14. The predicted molar refractivity (Wildman–Crippen MR) is 93.6 cm³/mol. The summed E-state index contributed by atoms with van der Waals surface area (Å²) in [5.41, 5.74) is 1.16. The van der Waals surface area contributed by atoms with Crippen LogP contribution in [0.3, 0.4) is 0 Å². The Hall–Kier alpha value is -1.82. The minimum Gasteiger partial charge on any atom is -0.278 e. The van der Waals surface area contributed by atoms with Crippen molar-refractivity contribution in [2.75, 3.05) is 4.90 Å². The number of nitrogens with one attached hydrogen (secondary N) is 1. The van der Waals surface area contributed by atoms with E-state index in [-0.39, 0.29) is 16.9 Å². The average Bonchev–Trinajstić information content (AvgIpc) is 2.79. The van der Waals surface area contributed by atoms with Gasteiger partial charge in [0, 0.05) is 0 Å². The molecule has 0 aromatic heterocycles. The molecular weight excluding hydrogens is 358 g/mol. The van der Waals surface area contributed by atoms with Crippen LogP contribution in [0, 0.1) is 11.2 Å². The highest BCUT2D eigenvalue weighted by molar-refractivity contribution is 8.19. The molecule has 3 rings (SSSR count). The van der Waals surface area contributed by atoms with Gasteiger partial charge in [0.15, 0.2) is 5.17 Å². The molecule has 0 saturated carbocycles. The smallest absolute Gasteiger partial charge is 0.271 e. The zero-order valence-corrected chi connectivity index (χ0v) is 13.8. The van der Waals surface area contributed by atoms with Crippen LogP contribution in [-0.4, -0.2) is 11.1 Å². The van der Waals surface area contributed by atoms with Gasteiger partial charge >= 0.3 is 0 Å². The van der Waals surface area contributed by atoms with Crippen LogP contribution < -0.4 is 4.90 Å². The quantitative estimate of drug-likeness (QED) is 0.743. The number of benzene rings is 2. The number of nitrogens with zero attached hydrogens (tertiary/aromatic N) is 1. The second-order valence-electron chi connectivity index (χ2n) is 4.71. The number of hydrogen-bond acceptors (Lipinski definition) is 3. The number of amidine groups is 1. The van der Waals surface area contributed by atoms with E-state index in [9.17, 15) is 9.18 Å². The van der Waals surface area contributed by atoms with Crippen LogP contribution in [0.1, 0.15) is 5.56 Å². The molecule has 3 nitrogen and oxygen atoms in total. The summed E-state index contributed by atoms with van der Waals surface area (Å²) in [5.74, 6) is -0.676. The topological polar surface area (TPSA) is 44.2 Å². The van der Waals surface area contributed by atoms with E-state index in [1.807, 2.05) is 0 Å². The fourth-order valence-corrected chi connectivity index (χ4v) is 3.21. The highest BCUT2D eigenvalue weighted by Crippen LogP contribution is 2.37. The van der Waals surface area contributed by atoms with Gasteiger partial charge in [0.05, 0.1) is 20.6 Å². The Morgan fingerprint density at radius 1 is 1.09 bits per heavy atom. The summed E-state index contributed by atoms with van der Waals surface area (Å²) < 4.78 is 12.9. The number of thioether (sulfide) groups is 1. The molecule has 2 aromatic carbocycles. The normalized spacial score (nSPS) is 16.5. The molecule has 1 heterocycles. The van der Waals surface area contributed by atoms with Gasteiger partial charge < -0.3 is 0 Å². The third kappa shape index (κ3) is 3.27. The molecule has 0 radical (unpaired) electrons. The Morgan fingerprint density at radius 2 is 1.78 bits per heavy atom. The Morgan fingerprint density at radius 3 is 2.43 bits per heavy atom. The fraction of sp³-hybridized carbons (Fsp3) is 0. The van der Waals surface area contributed by atoms with Gasteiger partial charge in [-0.05, 0) is 53.7 Å². The molecule has 7 heteroatoms. The fourth-order valence-electron chi connectivity index (χ4n) is 2.06. The van der Waals surface area contributed by atoms with Crippen molar-refractivity contribution in [3.8, 4) is 0 Å². The summed E-state index contributed by atoms with van der Waals surface area (Å²) in [4.78, 5) is 14.2. The minimum atomic E-state index is -0.345. The maximum atomic E-state index is 12.9. The summed E-state index contributed by atoms with van der Waals surface area (Å²) in [6, 6.07) is 10.5. The van der Waals surface area contributed by atoms with Crippen molar-refractivity contribution < 1.29 is 9.18 Å². The van der Waals surface area contributed by atoms with Crippen molar-refractivity contribution in [2.45, 2.75) is 0 Å². The van der Waals surface area contributed by atoms with Crippen molar-refractivity contribution in [3.05, 3.63) is 68.8 Å². The zero-order valence-electron chi connectivity index (χ0n) is 11.5. The third-order valence-corrected chi connectivity index (χ3v) is 4.78. The lowest BCUT2D eigenvalue weighted by atomic mass is 10.2. The predicted octanol–water partition coefficient (Wildman–Crippen LogP) is 5.19. The molecule has 1 saturated heterocycles. The molecule has 23 heavy (non-hydrogen) atoms. The van der Waals surface area contributed by atoms with Gasteiger partial charge in [-0.2, -0.15) is 0 Å². The van der Waals surface area contributed by atoms with E-state index in [4.69, 9.17) is 28.6 Å². The average molecular weight is 367 g/mol. The second-order valence-corrected chi connectivity index (χ2v) is 6.55. The molecule has 1 aliphatic rings. The molecule has 0 spiro atoms. The molecule has 1 amide bonds. The summed E-state index contributed by atoms with van der Waals surface area (Å²) in [7, 11) is 0. The SMILES string of the molecule is N=C1S/C(=C\c2ccc(F)cc2)C(=O)N1c1ccc(Cl)c(Cl)c1. The van der Waals surface area contributed by atoms with E-state index in [0.29, 0.717) is 26.2 Å². The molecule has 2 aromatic rings. The molecule has 0 unspecified atom stereocenters. The Balaban J connectivity index is 1.93. The van der Waals surface area contributed by atoms with E-state index in [1.54, 1.807) is 30.3 Å². The number of halogens is 3. The molecule has 1 fully saturated rings. The number of hydrogen-bond donors (Lipinski definition) is 1. The maximum absolute atomic E-state index is 12.9. The third-order valence-electron chi connectivity index (χ3n) is 3.15. The highest BCUT2D eigenvalue weighted by atomic mass is 35.5. The number of carbonyl (C=O) groups excluding carboxylic acids is 1. The van der Waals surface area contributed by atoms with E-state index in [2.05, 4.69) is 0 Å². The lowest BCUT2D eigenvalue weighted by Crippen LogP contribution is -2.28. The summed E-state index contributed by atoms with van der Waals surface area (Å²) in [6.07, 6.45) is 1.62. The van der Waals surface area contributed by atoms with Crippen LogP contribution in [0.5, 0.6) is 0 Å². The molecule has 1 aliphatic heterocycles. The van der Waals surface area contributed by atoms with Gasteiger partial charge in [0.2, 0.25) is 0 Å². The largest absolute Gasteiger partial charge is 0.278 e. The molecule has 0 bridgehead atoms. The van der Waals surface area contributed by atoms with Crippen LogP contribution in [0.4, 0.5) is 10.1 Å². The highest BCUT2D eigenvalue weighted by Gasteiger charge is 2.33. The molecule has 116 valence electrons. The standard InChI is InChI=1S/C16H9Cl2FN2OS/c17-12-6-5-11(8-13(12)18)21-15(22)14(23-16(21)20)7-9-1-3-10(19)4-2-9/h1-8,20H/b14-7-,20-16?. The maximum Gasteiger partial charge on any atom is 0.271 e. The van der Waals surface area contributed by atoms with Crippen LogP contribution in [0.25, 0.3) is 6.08 Å². The van der Waals surface area contributed by atoms with Crippen molar-refractivity contribution in [1.82, 2.24) is 0 Å². The first kappa shape index (κ1) is 16.1. The number of anilines is 1. The Kier molecular flexibility index (Phi) is 4.43. The summed E-state index contributed by atoms with van der Waals surface area (Å²) in [5, 5.41) is 8.78. The van der Waals surface area contributed by atoms with Crippen LogP contribution >= 0.6 is 35.0 Å². The minimum absolute atomic E-state index is 0.0711. The first-order valence-corrected chi connectivity index (χ1v) is 8.06. The second kappa shape index (κ2) is 6.35. The van der Waals surface area contributed by atoms with Gasteiger partial charge in [-0.25, -0.2) is 4.39 Å². The first-order valence-electron chi connectivity index (χ1n) is 6.49. The van der Waals surface area contributed by atoms with E-state index >= 15 is 0 Å². The van der Waals surface area contributed by atoms with Crippen LogP contribution in [-0.2, 0) is 4.79 Å².